The summed E-state index contributed by atoms with van der Waals surface area (Å²) < 4.78 is 15.3. The first kappa shape index (κ1) is 19.1. The smallest absolute Gasteiger partial charge is 0.410 e. The fourth-order valence-corrected chi connectivity index (χ4v) is 3.98. The molecule has 1 aliphatic rings. The predicted octanol–water partition coefficient (Wildman–Crippen LogP) is 2.44. The molecule has 25 heavy (non-hydrogen) atoms. The molecule has 0 spiro atoms. The Kier molecular flexibility index (Phi) is 6.69. The largest absolute Gasteiger partial charge is 0.464 e. The number of esters is 2. The van der Waals surface area contributed by atoms with Gasteiger partial charge in [0.25, 0.3) is 0 Å². The molecule has 7 nitrogen and oxygen atoms in total. The van der Waals surface area contributed by atoms with Crippen LogP contribution >= 0.6 is 11.8 Å². The number of benzene rings is 1. The number of ether oxygens (including phenoxy) is 3. The molecule has 0 saturated carbocycles. The molecule has 0 aromatic heterocycles. The van der Waals surface area contributed by atoms with Crippen molar-refractivity contribution in [3.8, 4) is 0 Å². The molecule has 1 fully saturated rings. The predicted molar refractivity (Wildman–Crippen MR) is 90.9 cm³/mol. The first-order valence-electron chi connectivity index (χ1n) is 7.81. The lowest BCUT2D eigenvalue weighted by Gasteiger charge is -2.29. The SMILES string of the molecule is COC(=O)N1C(Sc2ccccc2)CC(OC(C)=O)C1COC(C)=O. The molecule has 8 heteroatoms. The van der Waals surface area contributed by atoms with Crippen LogP contribution in [0.1, 0.15) is 20.3 Å². The van der Waals surface area contributed by atoms with Crippen molar-refractivity contribution in [3.05, 3.63) is 30.3 Å². The molecule has 1 aromatic carbocycles. The van der Waals surface area contributed by atoms with Crippen molar-refractivity contribution in [2.24, 2.45) is 0 Å². The second kappa shape index (κ2) is 8.75. The maximum atomic E-state index is 12.3. The van der Waals surface area contributed by atoms with Crippen molar-refractivity contribution < 1.29 is 28.6 Å². The third kappa shape index (κ3) is 5.12. The summed E-state index contributed by atoms with van der Waals surface area (Å²) >= 11 is 1.47. The summed E-state index contributed by atoms with van der Waals surface area (Å²) in [6.07, 6.45) is -0.711. The standard InChI is InChI=1S/C17H21NO6S/c1-11(19)23-10-14-15(24-12(2)20)9-16(18(14)17(21)22-3)25-13-7-5-4-6-8-13/h4-8,14-16H,9-10H2,1-3H3. The molecule has 1 aromatic rings. The van der Waals surface area contributed by atoms with E-state index in [-0.39, 0.29) is 12.0 Å². The Morgan fingerprint density at radius 3 is 2.40 bits per heavy atom. The number of nitrogens with zero attached hydrogens (tertiary/aromatic N) is 1. The Morgan fingerprint density at radius 2 is 1.84 bits per heavy atom. The van der Waals surface area contributed by atoms with Crippen LogP contribution in [-0.2, 0) is 23.8 Å². The molecule has 1 saturated heterocycles. The average molecular weight is 367 g/mol. The number of hydrogen-bond donors (Lipinski definition) is 0. The summed E-state index contributed by atoms with van der Waals surface area (Å²) in [5.74, 6) is -0.918. The van der Waals surface area contributed by atoms with Crippen LogP contribution < -0.4 is 0 Å². The fraction of sp³-hybridized carbons (Fsp3) is 0.471. The molecule has 0 bridgehead atoms. The Morgan fingerprint density at radius 1 is 1.16 bits per heavy atom. The zero-order valence-electron chi connectivity index (χ0n) is 14.3. The first-order chi connectivity index (χ1) is 11.9. The lowest BCUT2D eigenvalue weighted by molar-refractivity contribution is -0.150. The van der Waals surface area contributed by atoms with Crippen LogP contribution in [0.5, 0.6) is 0 Å². The van der Waals surface area contributed by atoms with Crippen LogP contribution in [0.4, 0.5) is 4.79 Å². The summed E-state index contributed by atoms with van der Waals surface area (Å²) in [5.41, 5.74) is 0. The molecule has 2 rings (SSSR count). The number of carbonyl (C=O) groups excluding carboxylic acids is 3. The highest BCUT2D eigenvalue weighted by molar-refractivity contribution is 8.00. The van der Waals surface area contributed by atoms with Gasteiger partial charge in [0, 0.05) is 25.2 Å². The van der Waals surface area contributed by atoms with E-state index in [1.54, 1.807) is 0 Å². The van der Waals surface area contributed by atoms with E-state index in [0.29, 0.717) is 6.42 Å². The van der Waals surface area contributed by atoms with E-state index in [1.165, 1.54) is 37.6 Å². The van der Waals surface area contributed by atoms with Gasteiger partial charge in [-0.15, -0.1) is 11.8 Å². The maximum Gasteiger partial charge on any atom is 0.410 e. The summed E-state index contributed by atoms with van der Waals surface area (Å²) in [4.78, 5) is 37.4. The van der Waals surface area contributed by atoms with Gasteiger partial charge in [-0.05, 0) is 12.1 Å². The number of carbonyl (C=O) groups is 3. The highest BCUT2D eigenvalue weighted by atomic mass is 32.2. The second-order valence-electron chi connectivity index (χ2n) is 5.52. The zero-order valence-corrected chi connectivity index (χ0v) is 15.2. The maximum absolute atomic E-state index is 12.3. The van der Waals surface area contributed by atoms with Crippen molar-refractivity contribution in [2.75, 3.05) is 13.7 Å². The lowest BCUT2D eigenvalue weighted by Crippen LogP contribution is -2.46. The van der Waals surface area contributed by atoms with E-state index in [4.69, 9.17) is 14.2 Å². The average Bonchev–Trinajstić information content (AvgIpc) is 2.89. The third-order valence-electron chi connectivity index (χ3n) is 3.71. The van der Waals surface area contributed by atoms with Gasteiger partial charge in [0.05, 0.1) is 12.5 Å². The van der Waals surface area contributed by atoms with Gasteiger partial charge < -0.3 is 14.2 Å². The molecule has 136 valence electrons. The third-order valence-corrected chi connectivity index (χ3v) is 4.94. The van der Waals surface area contributed by atoms with Crippen LogP contribution in [0.25, 0.3) is 0 Å². The van der Waals surface area contributed by atoms with E-state index in [9.17, 15) is 14.4 Å². The molecular formula is C17H21NO6S. The summed E-state index contributed by atoms with van der Waals surface area (Å²) in [6, 6.07) is 8.98. The summed E-state index contributed by atoms with van der Waals surface area (Å²) in [6.45, 7) is 2.53. The summed E-state index contributed by atoms with van der Waals surface area (Å²) in [7, 11) is 1.29. The minimum Gasteiger partial charge on any atom is -0.464 e. The van der Waals surface area contributed by atoms with Gasteiger partial charge in [-0.25, -0.2) is 4.79 Å². The number of likely N-dealkylation sites (tertiary alicyclic amines) is 1. The normalized spacial score (nSPS) is 22.4. The van der Waals surface area contributed by atoms with E-state index >= 15 is 0 Å². The molecule has 3 atom stereocenters. The van der Waals surface area contributed by atoms with Crippen LogP contribution in [-0.4, -0.2) is 54.2 Å². The molecule has 1 heterocycles. The number of rotatable bonds is 5. The van der Waals surface area contributed by atoms with Crippen molar-refractivity contribution in [1.29, 1.82) is 0 Å². The number of hydrogen-bond acceptors (Lipinski definition) is 7. The highest BCUT2D eigenvalue weighted by Gasteiger charge is 2.47. The van der Waals surface area contributed by atoms with Gasteiger partial charge in [0.15, 0.2) is 0 Å². The van der Waals surface area contributed by atoms with Gasteiger partial charge in [0.2, 0.25) is 0 Å². The Hall–Kier alpha value is -2.22. The first-order valence-corrected chi connectivity index (χ1v) is 8.69. The van der Waals surface area contributed by atoms with Crippen LogP contribution in [0, 0.1) is 0 Å². The Labute approximate surface area is 150 Å². The topological polar surface area (TPSA) is 82.1 Å². The molecule has 1 aliphatic heterocycles. The molecule has 0 radical (unpaired) electrons. The Balaban J connectivity index is 2.25. The van der Waals surface area contributed by atoms with Gasteiger partial charge in [-0.1, -0.05) is 18.2 Å². The molecule has 1 amide bonds. The van der Waals surface area contributed by atoms with Crippen molar-refractivity contribution in [3.63, 3.8) is 0 Å². The molecular weight excluding hydrogens is 346 g/mol. The number of amides is 1. The highest BCUT2D eigenvalue weighted by Crippen LogP contribution is 2.38. The quantitative estimate of drug-likeness (QED) is 0.584. The monoisotopic (exact) mass is 367 g/mol. The minimum atomic E-state index is -0.596. The fourth-order valence-electron chi connectivity index (χ4n) is 2.71. The molecule has 0 aliphatic carbocycles. The van der Waals surface area contributed by atoms with Gasteiger partial charge in [0.1, 0.15) is 18.8 Å². The lowest BCUT2D eigenvalue weighted by atomic mass is 10.2. The van der Waals surface area contributed by atoms with Gasteiger partial charge >= 0.3 is 18.0 Å². The van der Waals surface area contributed by atoms with E-state index in [1.807, 2.05) is 30.3 Å². The van der Waals surface area contributed by atoms with Crippen LogP contribution in [0.15, 0.2) is 35.2 Å². The van der Waals surface area contributed by atoms with Gasteiger partial charge in [-0.3, -0.25) is 14.5 Å². The van der Waals surface area contributed by atoms with E-state index in [0.717, 1.165) is 4.90 Å². The minimum absolute atomic E-state index is 0.0613. The van der Waals surface area contributed by atoms with E-state index in [2.05, 4.69) is 0 Å². The van der Waals surface area contributed by atoms with Crippen molar-refractivity contribution >= 4 is 29.8 Å². The Bertz CT molecular complexity index is 623. The van der Waals surface area contributed by atoms with Crippen LogP contribution in [0.3, 0.4) is 0 Å². The number of methoxy groups -OCH3 is 1. The second-order valence-corrected chi connectivity index (χ2v) is 6.77. The van der Waals surface area contributed by atoms with Crippen molar-refractivity contribution in [2.45, 2.75) is 42.7 Å². The van der Waals surface area contributed by atoms with Crippen LogP contribution in [0.2, 0.25) is 0 Å². The number of thioether (sulfide) groups is 1. The zero-order chi connectivity index (χ0) is 18.4. The van der Waals surface area contributed by atoms with Gasteiger partial charge in [-0.2, -0.15) is 0 Å². The van der Waals surface area contributed by atoms with Crippen molar-refractivity contribution in [1.82, 2.24) is 4.90 Å². The summed E-state index contributed by atoms with van der Waals surface area (Å²) in [5, 5.41) is -0.306. The molecule has 0 N–H and O–H groups in total. The molecule has 3 unspecified atom stereocenters. The van der Waals surface area contributed by atoms with E-state index < -0.39 is 30.2 Å².